The van der Waals surface area contributed by atoms with Crippen LogP contribution in [0.2, 0.25) is 0 Å². The summed E-state index contributed by atoms with van der Waals surface area (Å²) in [7, 11) is 1.54. The summed E-state index contributed by atoms with van der Waals surface area (Å²) >= 11 is 1.50. The van der Waals surface area contributed by atoms with Gasteiger partial charge in [-0.2, -0.15) is 18.2 Å². The highest BCUT2D eigenvalue weighted by Gasteiger charge is 2.29. The Morgan fingerprint density at radius 1 is 1.08 bits per heavy atom. The third-order valence-electron chi connectivity index (χ3n) is 3.74. The highest BCUT2D eigenvalue weighted by atomic mass is 32.1. The van der Waals surface area contributed by atoms with Crippen LogP contribution in [0.5, 0.6) is 5.88 Å². The molecule has 0 aliphatic carbocycles. The van der Waals surface area contributed by atoms with E-state index in [9.17, 15) is 13.2 Å². The van der Waals surface area contributed by atoms with E-state index in [0.29, 0.717) is 30.2 Å². The summed E-state index contributed by atoms with van der Waals surface area (Å²) in [6.45, 7) is 1.78. The Kier molecular flexibility index (Phi) is 5.22. The first-order chi connectivity index (χ1) is 12.3. The topological polar surface area (TPSA) is 47.9 Å². The van der Waals surface area contributed by atoms with E-state index in [1.807, 2.05) is 0 Å². The molecular weight excluding hydrogens is 363 g/mol. The Hall–Kier alpha value is -2.48. The molecule has 0 unspecified atom stereocenters. The molecule has 1 aromatic carbocycles. The Morgan fingerprint density at radius 2 is 1.81 bits per heavy atom. The van der Waals surface area contributed by atoms with Crippen molar-refractivity contribution in [2.75, 3.05) is 7.11 Å². The Labute approximate surface area is 152 Å². The second kappa shape index (κ2) is 7.41. The molecule has 3 aromatic rings. The highest BCUT2D eigenvalue weighted by Crippen LogP contribution is 2.30. The van der Waals surface area contributed by atoms with Crippen molar-refractivity contribution >= 4 is 11.3 Å². The molecule has 0 aliphatic heterocycles. The van der Waals surface area contributed by atoms with E-state index in [-0.39, 0.29) is 0 Å². The van der Waals surface area contributed by atoms with Gasteiger partial charge in [0.25, 0.3) is 0 Å². The second-order valence-corrected chi connectivity index (χ2v) is 6.78. The lowest BCUT2D eigenvalue weighted by Gasteiger charge is -2.07. The number of thiazole rings is 1. The summed E-state index contributed by atoms with van der Waals surface area (Å²) in [5.74, 6) is 1.08. The molecule has 26 heavy (non-hydrogen) atoms. The van der Waals surface area contributed by atoms with E-state index in [1.54, 1.807) is 26.3 Å². The summed E-state index contributed by atoms with van der Waals surface area (Å²) in [6.07, 6.45) is -1.19. The first-order valence-electron chi connectivity index (χ1n) is 7.86. The molecule has 4 nitrogen and oxygen atoms in total. The summed E-state index contributed by atoms with van der Waals surface area (Å²) < 4.78 is 42.9. The van der Waals surface area contributed by atoms with Gasteiger partial charge in [0.15, 0.2) is 0 Å². The van der Waals surface area contributed by atoms with Crippen LogP contribution in [0, 0.1) is 6.92 Å². The number of halogens is 3. The number of hydrogen-bond acceptors (Lipinski definition) is 5. The molecule has 0 bridgehead atoms. The SMILES string of the molecule is COc1cc(-c2ncc(CCc3ccc(C(F)(F)F)cc3)s2)nc(C)n1. The Morgan fingerprint density at radius 3 is 2.46 bits per heavy atom. The smallest absolute Gasteiger partial charge is 0.416 e. The summed E-state index contributed by atoms with van der Waals surface area (Å²) in [5, 5.41) is 0.760. The van der Waals surface area contributed by atoms with E-state index < -0.39 is 11.7 Å². The Balaban J connectivity index is 1.68. The predicted molar refractivity (Wildman–Crippen MR) is 93.3 cm³/mol. The standard InChI is InChI=1S/C18H16F3N3OS/c1-11-23-15(9-16(24-11)25-2)17-22-10-14(26-17)8-5-12-3-6-13(7-4-12)18(19,20)21/h3-4,6-7,9-10H,5,8H2,1-2H3. The Bertz CT molecular complexity index is 891. The van der Waals surface area contributed by atoms with Gasteiger partial charge in [0.05, 0.1) is 12.7 Å². The van der Waals surface area contributed by atoms with Gasteiger partial charge in [0.2, 0.25) is 5.88 Å². The number of methoxy groups -OCH3 is 1. The van der Waals surface area contributed by atoms with Crippen molar-refractivity contribution in [3.63, 3.8) is 0 Å². The van der Waals surface area contributed by atoms with Gasteiger partial charge in [0.1, 0.15) is 16.5 Å². The quantitative estimate of drug-likeness (QED) is 0.644. The molecule has 0 fully saturated rings. The second-order valence-electron chi connectivity index (χ2n) is 5.67. The zero-order valence-corrected chi connectivity index (χ0v) is 15.0. The number of aryl methyl sites for hydroxylation is 3. The molecule has 0 aliphatic rings. The molecule has 0 spiro atoms. The average molecular weight is 379 g/mol. The maximum atomic E-state index is 12.6. The molecule has 3 rings (SSSR count). The van der Waals surface area contributed by atoms with Gasteiger partial charge in [-0.3, -0.25) is 0 Å². The largest absolute Gasteiger partial charge is 0.481 e. The van der Waals surface area contributed by atoms with Gasteiger partial charge in [-0.15, -0.1) is 11.3 Å². The van der Waals surface area contributed by atoms with Gasteiger partial charge in [0, 0.05) is 17.1 Å². The molecule has 2 aromatic heterocycles. The van der Waals surface area contributed by atoms with E-state index in [4.69, 9.17) is 4.74 Å². The van der Waals surface area contributed by atoms with Crippen LogP contribution in [0.1, 0.15) is 21.8 Å². The van der Waals surface area contributed by atoms with Gasteiger partial charge in [-0.05, 0) is 37.5 Å². The summed E-state index contributed by atoms with van der Waals surface area (Å²) in [5.41, 5.74) is 0.919. The molecule has 2 heterocycles. The summed E-state index contributed by atoms with van der Waals surface area (Å²) in [6, 6.07) is 6.99. The molecule has 136 valence electrons. The fourth-order valence-electron chi connectivity index (χ4n) is 2.42. The third kappa shape index (κ3) is 4.37. The van der Waals surface area contributed by atoms with Crippen LogP contribution >= 0.6 is 11.3 Å². The number of nitrogens with zero attached hydrogens (tertiary/aromatic N) is 3. The van der Waals surface area contributed by atoms with Crippen molar-refractivity contribution < 1.29 is 17.9 Å². The number of rotatable bonds is 5. The number of aromatic nitrogens is 3. The van der Waals surface area contributed by atoms with E-state index in [1.165, 1.54) is 23.5 Å². The number of ether oxygens (including phenoxy) is 1. The lowest BCUT2D eigenvalue weighted by atomic mass is 10.1. The van der Waals surface area contributed by atoms with Crippen molar-refractivity contribution in [3.8, 4) is 16.6 Å². The molecule has 0 saturated heterocycles. The lowest BCUT2D eigenvalue weighted by Crippen LogP contribution is -2.04. The first kappa shape index (κ1) is 18.3. The van der Waals surface area contributed by atoms with Crippen molar-refractivity contribution in [3.05, 3.63) is 58.4 Å². The van der Waals surface area contributed by atoms with Gasteiger partial charge in [-0.25, -0.2) is 9.97 Å². The molecular formula is C18H16F3N3OS. The fourth-order valence-corrected chi connectivity index (χ4v) is 3.30. The normalized spacial score (nSPS) is 11.6. The lowest BCUT2D eigenvalue weighted by molar-refractivity contribution is -0.137. The molecule has 0 N–H and O–H groups in total. The first-order valence-corrected chi connectivity index (χ1v) is 8.67. The van der Waals surface area contributed by atoms with Gasteiger partial charge >= 0.3 is 6.18 Å². The maximum Gasteiger partial charge on any atom is 0.416 e. The zero-order chi connectivity index (χ0) is 18.7. The molecule has 0 radical (unpaired) electrons. The van der Waals surface area contributed by atoms with Crippen molar-refractivity contribution in [2.45, 2.75) is 25.9 Å². The molecule has 0 saturated carbocycles. The van der Waals surface area contributed by atoms with Crippen molar-refractivity contribution in [2.24, 2.45) is 0 Å². The molecule has 0 atom stereocenters. The minimum absolute atomic E-state index is 0.481. The maximum absolute atomic E-state index is 12.6. The van der Waals surface area contributed by atoms with Crippen molar-refractivity contribution in [1.82, 2.24) is 15.0 Å². The fraction of sp³-hybridized carbons (Fsp3) is 0.278. The molecule has 8 heteroatoms. The van der Waals surface area contributed by atoms with Gasteiger partial charge < -0.3 is 4.74 Å². The van der Waals surface area contributed by atoms with E-state index in [2.05, 4.69) is 15.0 Å². The van der Waals surface area contributed by atoms with Crippen LogP contribution < -0.4 is 4.74 Å². The minimum Gasteiger partial charge on any atom is -0.481 e. The summed E-state index contributed by atoms with van der Waals surface area (Å²) in [4.78, 5) is 13.9. The van der Waals surface area contributed by atoms with E-state index in [0.717, 1.165) is 27.6 Å². The van der Waals surface area contributed by atoms with Crippen LogP contribution in [-0.2, 0) is 19.0 Å². The van der Waals surface area contributed by atoms with Crippen molar-refractivity contribution in [1.29, 1.82) is 0 Å². The van der Waals surface area contributed by atoms with E-state index >= 15 is 0 Å². The third-order valence-corrected chi connectivity index (χ3v) is 4.82. The number of benzene rings is 1. The van der Waals surface area contributed by atoms with Gasteiger partial charge in [-0.1, -0.05) is 12.1 Å². The van der Waals surface area contributed by atoms with Crippen LogP contribution in [0.15, 0.2) is 36.5 Å². The highest BCUT2D eigenvalue weighted by molar-refractivity contribution is 7.15. The zero-order valence-electron chi connectivity index (χ0n) is 14.2. The van der Waals surface area contributed by atoms with Crippen LogP contribution in [0.25, 0.3) is 10.7 Å². The van der Waals surface area contributed by atoms with Crippen LogP contribution in [0.4, 0.5) is 13.2 Å². The van der Waals surface area contributed by atoms with Crippen LogP contribution in [0.3, 0.4) is 0 Å². The molecule has 0 amide bonds. The predicted octanol–water partition coefficient (Wildman–Crippen LogP) is 4.72. The number of hydrogen-bond donors (Lipinski definition) is 0. The minimum atomic E-state index is -4.30. The average Bonchev–Trinajstić information content (AvgIpc) is 3.08. The number of alkyl halides is 3. The monoisotopic (exact) mass is 379 g/mol. The van der Waals surface area contributed by atoms with Crippen LogP contribution in [-0.4, -0.2) is 22.1 Å².